The van der Waals surface area contributed by atoms with Crippen LogP contribution in [0.5, 0.6) is 0 Å². The molecule has 0 bridgehead atoms. The number of rotatable bonds is 5. The van der Waals surface area contributed by atoms with Crippen LogP contribution in [0.15, 0.2) is 57.5 Å². The molecule has 21 heavy (non-hydrogen) atoms. The van der Waals surface area contributed by atoms with Crippen LogP contribution in [0.3, 0.4) is 0 Å². The second-order valence-electron chi connectivity index (χ2n) is 4.39. The van der Waals surface area contributed by atoms with Crippen LogP contribution in [-0.2, 0) is 16.0 Å². The number of hydrogen-bond acceptors (Lipinski definition) is 3. The molecule has 2 aromatic rings. The summed E-state index contributed by atoms with van der Waals surface area (Å²) in [5.74, 6) is -0.630. The zero-order valence-corrected chi connectivity index (χ0v) is 14.2. The average Bonchev–Trinajstić information content (AvgIpc) is 2.48. The summed E-state index contributed by atoms with van der Waals surface area (Å²) < 4.78 is 6.85. The highest BCUT2D eigenvalue weighted by Gasteiger charge is 2.10. The Morgan fingerprint density at radius 3 is 1.95 bits per heavy atom. The van der Waals surface area contributed by atoms with Crippen LogP contribution in [0.1, 0.15) is 15.9 Å². The summed E-state index contributed by atoms with van der Waals surface area (Å²) in [6.45, 7) is -0.239. The van der Waals surface area contributed by atoms with Crippen LogP contribution in [0.4, 0.5) is 0 Å². The Hall–Kier alpha value is -1.46. The van der Waals surface area contributed by atoms with E-state index in [4.69, 9.17) is 4.74 Å². The molecule has 0 aliphatic rings. The van der Waals surface area contributed by atoms with E-state index in [1.54, 1.807) is 24.3 Å². The van der Waals surface area contributed by atoms with Crippen LogP contribution in [0.25, 0.3) is 0 Å². The number of ketones is 1. The molecule has 3 nitrogen and oxygen atoms in total. The quantitative estimate of drug-likeness (QED) is 0.547. The number of ether oxygens (including phenoxy) is 1. The number of Topliss-reactive ketones (excluding diaryl/α,β-unsaturated/α-hetero) is 1. The third-order valence-corrected chi connectivity index (χ3v) is 3.85. The first-order valence-corrected chi connectivity index (χ1v) is 7.82. The van der Waals surface area contributed by atoms with E-state index < -0.39 is 5.97 Å². The van der Waals surface area contributed by atoms with E-state index in [-0.39, 0.29) is 18.8 Å². The van der Waals surface area contributed by atoms with Gasteiger partial charge in [-0.25, -0.2) is 0 Å². The van der Waals surface area contributed by atoms with Gasteiger partial charge in [0.25, 0.3) is 0 Å². The Kier molecular flexibility index (Phi) is 5.70. The van der Waals surface area contributed by atoms with Crippen LogP contribution in [0, 0.1) is 0 Å². The van der Waals surface area contributed by atoms with Crippen molar-refractivity contribution in [2.45, 2.75) is 6.42 Å². The molecule has 5 heteroatoms. The minimum absolute atomic E-state index is 0.154. The highest BCUT2D eigenvalue weighted by Crippen LogP contribution is 2.12. The minimum atomic E-state index is -0.414. The van der Waals surface area contributed by atoms with Crippen molar-refractivity contribution in [3.05, 3.63) is 68.6 Å². The highest BCUT2D eigenvalue weighted by atomic mass is 79.9. The number of carbonyl (C=O) groups is 2. The Balaban J connectivity index is 1.84. The van der Waals surface area contributed by atoms with Crippen LogP contribution >= 0.6 is 31.9 Å². The molecule has 0 heterocycles. The fourth-order valence-electron chi connectivity index (χ4n) is 1.69. The van der Waals surface area contributed by atoms with Gasteiger partial charge in [-0.05, 0) is 29.8 Å². The number of hydrogen-bond donors (Lipinski definition) is 0. The fraction of sp³-hybridized carbons (Fsp3) is 0.125. The third kappa shape index (κ3) is 5.10. The molecule has 0 amide bonds. The summed E-state index contributed by atoms with van der Waals surface area (Å²) in [5, 5.41) is 0. The molecule has 0 fully saturated rings. The van der Waals surface area contributed by atoms with Gasteiger partial charge < -0.3 is 4.74 Å². The van der Waals surface area contributed by atoms with Crippen molar-refractivity contribution >= 4 is 43.6 Å². The molecular weight excluding hydrogens is 400 g/mol. The first-order chi connectivity index (χ1) is 10.0. The summed E-state index contributed by atoms with van der Waals surface area (Å²) in [7, 11) is 0. The molecule has 0 radical (unpaired) electrons. The van der Waals surface area contributed by atoms with Gasteiger partial charge in [-0.2, -0.15) is 0 Å². The van der Waals surface area contributed by atoms with Crippen LogP contribution < -0.4 is 0 Å². The Bertz CT molecular complexity index is 634. The van der Waals surface area contributed by atoms with Crippen molar-refractivity contribution in [2.24, 2.45) is 0 Å². The highest BCUT2D eigenvalue weighted by molar-refractivity contribution is 9.10. The minimum Gasteiger partial charge on any atom is -0.457 e. The van der Waals surface area contributed by atoms with Gasteiger partial charge in [0.2, 0.25) is 0 Å². The lowest BCUT2D eigenvalue weighted by atomic mass is 10.1. The molecule has 2 aromatic carbocycles. The van der Waals surface area contributed by atoms with E-state index >= 15 is 0 Å². The molecule has 0 unspecified atom stereocenters. The molecule has 0 aromatic heterocycles. The molecule has 0 N–H and O–H groups in total. The molecule has 2 rings (SSSR count). The Morgan fingerprint density at radius 2 is 1.38 bits per heavy atom. The largest absolute Gasteiger partial charge is 0.457 e. The smallest absolute Gasteiger partial charge is 0.310 e. The van der Waals surface area contributed by atoms with Gasteiger partial charge in [-0.1, -0.05) is 56.1 Å². The first-order valence-electron chi connectivity index (χ1n) is 6.23. The lowest BCUT2D eigenvalue weighted by molar-refractivity contribution is -0.141. The van der Waals surface area contributed by atoms with Crippen molar-refractivity contribution < 1.29 is 14.3 Å². The fourth-order valence-corrected chi connectivity index (χ4v) is 2.21. The first kappa shape index (κ1) is 15.9. The SMILES string of the molecule is O=C(Cc1ccc(Br)cc1)OCC(=O)c1ccc(Br)cc1. The number of benzene rings is 2. The molecule has 0 spiro atoms. The predicted molar refractivity (Wildman–Crippen MR) is 87.3 cm³/mol. The van der Waals surface area contributed by atoms with Crippen molar-refractivity contribution in [3.8, 4) is 0 Å². The summed E-state index contributed by atoms with van der Waals surface area (Å²) in [6, 6.07) is 14.3. The normalized spacial score (nSPS) is 10.2. The van der Waals surface area contributed by atoms with Gasteiger partial charge in [0, 0.05) is 14.5 Å². The van der Waals surface area contributed by atoms with Crippen LogP contribution in [-0.4, -0.2) is 18.4 Å². The zero-order chi connectivity index (χ0) is 15.2. The number of esters is 1. The van der Waals surface area contributed by atoms with Gasteiger partial charge >= 0.3 is 5.97 Å². The molecule has 0 aliphatic carbocycles. The number of carbonyl (C=O) groups excluding carboxylic acids is 2. The van der Waals surface area contributed by atoms with E-state index in [1.807, 2.05) is 24.3 Å². The van der Waals surface area contributed by atoms with Gasteiger partial charge in [0.1, 0.15) is 0 Å². The summed E-state index contributed by atoms with van der Waals surface area (Å²) in [6.07, 6.45) is 0.154. The summed E-state index contributed by atoms with van der Waals surface area (Å²) >= 11 is 6.63. The van der Waals surface area contributed by atoms with E-state index in [1.165, 1.54) is 0 Å². The van der Waals surface area contributed by atoms with Crippen molar-refractivity contribution in [3.63, 3.8) is 0 Å². The Morgan fingerprint density at radius 1 is 0.857 bits per heavy atom. The third-order valence-electron chi connectivity index (χ3n) is 2.79. The molecule has 0 atom stereocenters. The molecular formula is C16H12Br2O3. The van der Waals surface area contributed by atoms with Crippen molar-refractivity contribution in [2.75, 3.05) is 6.61 Å². The van der Waals surface area contributed by atoms with Gasteiger partial charge in [0.05, 0.1) is 6.42 Å². The summed E-state index contributed by atoms with van der Waals surface area (Å²) in [4.78, 5) is 23.6. The maximum atomic E-state index is 11.9. The lowest BCUT2D eigenvalue weighted by Gasteiger charge is -2.05. The lowest BCUT2D eigenvalue weighted by Crippen LogP contribution is -2.15. The zero-order valence-electron chi connectivity index (χ0n) is 11.0. The molecule has 0 aliphatic heterocycles. The standard InChI is InChI=1S/C16H12Br2O3/c17-13-5-1-11(2-6-13)9-16(20)21-10-15(19)12-3-7-14(18)8-4-12/h1-8H,9-10H2. The molecule has 108 valence electrons. The topological polar surface area (TPSA) is 43.4 Å². The average molecular weight is 412 g/mol. The maximum absolute atomic E-state index is 11.9. The maximum Gasteiger partial charge on any atom is 0.310 e. The molecule has 0 saturated heterocycles. The van der Waals surface area contributed by atoms with Gasteiger partial charge in [0.15, 0.2) is 12.4 Å². The monoisotopic (exact) mass is 410 g/mol. The van der Waals surface area contributed by atoms with E-state index in [2.05, 4.69) is 31.9 Å². The predicted octanol–water partition coefficient (Wildman–Crippen LogP) is 4.18. The second kappa shape index (κ2) is 7.52. The van der Waals surface area contributed by atoms with Crippen LogP contribution in [0.2, 0.25) is 0 Å². The van der Waals surface area contributed by atoms with E-state index in [0.29, 0.717) is 5.56 Å². The summed E-state index contributed by atoms with van der Waals surface area (Å²) in [5.41, 5.74) is 1.37. The Labute approximate surface area is 139 Å². The number of halogens is 2. The van der Waals surface area contributed by atoms with E-state index in [0.717, 1.165) is 14.5 Å². The van der Waals surface area contributed by atoms with Gasteiger partial charge in [-0.15, -0.1) is 0 Å². The molecule has 0 saturated carbocycles. The van der Waals surface area contributed by atoms with Gasteiger partial charge in [-0.3, -0.25) is 9.59 Å². The van der Waals surface area contributed by atoms with Crippen molar-refractivity contribution in [1.29, 1.82) is 0 Å². The second-order valence-corrected chi connectivity index (χ2v) is 6.23. The van der Waals surface area contributed by atoms with Crippen molar-refractivity contribution in [1.82, 2.24) is 0 Å². The van der Waals surface area contributed by atoms with E-state index in [9.17, 15) is 9.59 Å².